The molecular weight excluding hydrogens is 406 g/mol. The van der Waals surface area contributed by atoms with E-state index in [9.17, 15) is 24.0 Å². The molecule has 0 unspecified atom stereocenters. The van der Waals surface area contributed by atoms with E-state index in [4.69, 9.17) is 14.2 Å². The van der Waals surface area contributed by atoms with Gasteiger partial charge in [0.25, 0.3) is 0 Å². The summed E-state index contributed by atoms with van der Waals surface area (Å²) < 4.78 is 14.7. The average Bonchev–Trinajstić information content (AvgIpc) is 2.75. The van der Waals surface area contributed by atoms with Gasteiger partial charge in [-0.3, -0.25) is 24.0 Å². The number of esters is 2. The normalized spacial score (nSPS) is 11.2. The van der Waals surface area contributed by atoms with Gasteiger partial charge >= 0.3 is 11.9 Å². The number of ketones is 2. The lowest BCUT2D eigenvalue weighted by atomic mass is 9.90. The summed E-state index contributed by atoms with van der Waals surface area (Å²) in [6.45, 7) is 3.55. The van der Waals surface area contributed by atoms with Gasteiger partial charge in [-0.15, -0.1) is 0 Å². The molecule has 1 aromatic rings. The molecule has 9 nitrogen and oxygen atoms in total. The molecule has 1 rings (SSSR count). The zero-order valence-electron chi connectivity index (χ0n) is 18.1. The first-order valence-corrected chi connectivity index (χ1v) is 10.1. The van der Waals surface area contributed by atoms with Crippen molar-refractivity contribution in [1.82, 2.24) is 0 Å². The van der Waals surface area contributed by atoms with Gasteiger partial charge in [0, 0.05) is 24.9 Å². The van der Waals surface area contributed by atoms with Gasteiger partial charge in [-0.2, -0.15) is 0 Å². The molecule has 0 saturated carbocycles. The van der Waals surface area contributed by atoms with Crippen molar-refractivity contribution in [2.24, 2.45) is 5.92 Å². The molecule has 9 heteroatoms. The Morgan fingerprint density at radius 1 is 0.806 bits per heavy atom. The fourth-order valence-electron chi connectivity index (χ4n) is 2.74. The van der Waals surface area contributed by atoms with E-state index >= 15 is 0 Å². The minimum absolute atomic E-state index is 0.112. The zero-order chi connectivity index (χ0) is 23.2. The Balaban J connectivity index is 2.67. The second-order valence-electron chi connectivity index (χ2n) is 6.58. The van der Waals surface area contributed by atoms with Crippen LogP contribution < -0.4 is 10.1 Å². The monoisotopic (exact) mass is 435 g/mol. The Morgan fingerprint density at radius 3 is 1.90 bits per heavy atom. The maximum atomic E-state index is 12.6. The second-order valence-corrected chi connectivity index (χ2v) is 6.58. The van der Waals surface area contributed by atoms with Crippen LogP contribution in [0.3, 0.4) is 0 Å². The van der Waals surface area contributed by atoms with E-state index in [1.807, 2.05) is 0 Å². The van der Waals surface area contributed by atoms with Crippen molar-refractivity contribution in [3.05, 3.63) is 24.3 Å². The van der Waals surface area contributed by atoms with Crippen LogP contribution in [0.25, 0.3) is 0 Å². The van der Waals surface area contributed by atoms with Crippen molar-refractivity contribution >= 4 is 35.1 Å². The minimum Gasteiger partial charge on any atom is -0.497 e. The summed E-state index contributed by atoms with van der Waals surface area (Å²) in [5, 5.41) is 2.65. The van der Waals surface area contributed by atoms with Crippen LogP contribution in [0.2, 0.25) is 0 Å². The Kier molecular flexibility index (Phi) is 11.6. The third kappa shape index (κ3) is 9.88. The maximum absolute atomic E-state index is 12.6. The van der Waals surface area contributed by atoms with Gasteiger partial charge in [-0.25, -0.2) is 0 Å². The number of carbonyl (C=O) groups is 5. The quantitative estimate of drug-likeness (QED) is 0.349. The predicted molar refractivity (Wildman–Crippen MR) is 111 cm³/mol. The summed E-state index contributed by atoms with van der Waals surface area (Å²) in [7, 11) is 1.53. The van der Waals surface area contributed by atoms with Gasteiger partial charge in [0.15, 0.2) is 0 Å². The van der Waals surface area contributed by atoms with Crippen LogP contribution in [-0.2, 0) is 33.4 Å². The lowest BCUT2D eigenvalue weighted by molar-refractivity contribution is -0.149. The molecule has 0 bridgehead atoms. The van der Waals surface area contributed by atoms with Crippen LogP contribution in [0.4, 0.5) is 5.69 Å². The number of rotatable bonds is 14. The van der Waals surface area contributed by atoms with Gasteiger partial charge in [-0.1, -0.05) is 0 Å². The average molecular weight is 435 g/mol. The van der Waals surface area contributed by atoms with Crippen LogP contribution in [0.1, 0.15) is 46.0 Å². The number of nitrogens with one attached hydrogen (secondary N) is 1. The fraction of sp³-hybridized carbons (Fsp3) is 0.500. The topological polar surface area (TPSA) is 125 Å². The molecule has 0 aliphatic heterocycles. The molecule has 170 valence electrons. The summed E-state index contributed by atoms with van der Waals surface area (Å²) in [6.07, 6.45) is -1.22. The van der Waals surface area contributed by atoms with Crippen molar-refractivity contribution < 1.29 is 38.2 Å². The van der Waals surface area contributed by atoms with Crippen molar-refractivity contribution in [1.29, 1.82) is 0 Å². The maximum Gasteiger partial charge on any atom is 0.306 e. The highest BCUT2D eigenvalue weighted by Gasteiger charge is 2.30. The third-order valence-corrected chi connectivity index (χ3v) is 4.31. The Hall–Kier alpha value is -3.23. The summed E-state index contributed by atoms with van der Waals surface area (Å²) in [5.41, 5.74) is 0.534. The number of ether oxygens (including phenoxy) is 3. The number of methoxy groups -OCH3 is 1. The minimum atomic E-state index is -1.26. The molecule has 0 saturated heterocycles. The van der Waals surface area contributed by atoms with E-state index in [-0.39, 0.29) is 38.9 Å². The highest BCUT2D eigenvalue weighted by Crippen LogP contribution is 2.17. The predicted octanol–water partition coefficient (Wildman–Crippen LogP) is 2.46. The van der Waals surface area contributed by atoms with Crippen LogP contribution >= 0.6 is 0 Å². The molecule has 1 N–H and O–H groups in total. The molecule has 0 radical (unpaired) electrons. The molecule has 0 aliphatic carbocycles. The lowest BCUT2D eigenvalue weighted by Gasteiger charge is -2.14. The second kappa shape index (κ2) is 13.9. The first-order chi connectivity index (χ1) is 14.8. The van der Waals surface area contributed by atoms with E-state index in [2.05, 4.69) is 5.32 Å². The molecule has 1 aromatic carbocycles. The van der Waals surface area contributed by atoms with E-state index in [0.717, 1.165) is 0 Å². The number of Topliss-reactive ketones (excluding diaryl/α,β-unsaturated/α-hetero) is 2. The summed E-state index contributed by atoms with van der Waals surface area (Å²) in [4.78, 5) is 60.5. The van der Waals surface area contributed by atoms with Gasteiger partial charge in [0.2, 0.25) is 5.91 Å². The lowest BCUT2D eigenvalue weighted by Crippen LogP contribution is -2.29. The van der Waals surface area contributed by atoms with Gasteiger partial charge < -0.3 is 19.5 Å². The fourth-order valence-corrected chi connectivity index (χ4v) is 2.74. The van der Waals surface area contributed by atoms with E-state index in [1.165, 1.54) is 7.11 Å². The number of benzene rings is 1. The number of hydrogen-bond donors (Lipinski definition) is 1. The number of anilines is 1. The van der Waals surface area contributed by atoms with Gasteiger partial charge in [0.1, 0.15) is 17.3 Å². The van der Waals surface area contributed by atoms with E-state index in [0.29, 0.717) is 11.4 Å². The van der Waals surface area contributed by atoms with Crippen molar-refractivity contribution in [2.75, 3.05) is 25.6 Å². The van der Waals surface area contributed by atoms with Crippen LogP contribution in [0, 0.1) is 5.92 Å². The Labute approximate surface area is 181 Å². The van der Waals surface area contributed by atoms with E-state index < -0.39 is 41.8 Å². The summed E-state index contributed by atoms with van der Waals surface area (Å²) in [6, 6.07) is 6.67. The van der Waals surface area contributed by atoms with Crippen molar-refractivity contribution in [2.45, 2.75) is 46.0 Å². The summed E-state index contributed by atoms with van der Waals surface area (Å²) >= 11 is 0. The molecule has 0 heterocycles. The molecule has 0 spiro atoms. The molecular formula is C22H29NO8. The van der Waals surface area contributed by atoms with Crippen LogP contribution in [-0.4, -0.2) is 49.7 Å². The van der Waals surface area contributed by atoms with Gasteiger partial charge in [-0.05, 0) is 38.1 Å². The van der Waals surface area contributed by atoms with Crippen LogP contribution in [0.15, 0.2) is 24.3 Å². The molecule has 0 aromatic heterocycles. The van der Waals surface area contributed by atoms with Crippen LogP contribution in [0.5, 0.6) is 5.75 Å². The molecule has 31 heavy (non-hydrogen) atoms. The first kappa shape index (κ1) is 25.8. The molecule has 0 fully saturated rings. The first-order valence-electron chi connectivity index (χ1n) is 10.1. The highest BCUT2D eigenvalue weighted by atomic mass is 16.5. The third-order valence-electron chi connectivity index (χ3n) is 4.31. The van der Waals surface area contributed by atoms with Crippen molar-refractivity contribution in [3.8, 4) is 5.75 Å². The van der Waals surface area contributed by atoms with Crippen molar-refractivity contribution in [3.63, 3.8) is 0 Å². The molecule has 1 atom stereocenters. The molecule has 1 amide bonds. The Bertz CT molecular complexity index is 772. The zero-order valence-corrected chi connectivity index (χ0v) is 18.1. The number of carbonyl (C=O) groups excluding carboxylic acids is 5. The SMILES string of the molecule is CCOC(=O)CCC(=O)[C@@H](CC(=O)OCC)C(=O)CCC(=O)Nc1ccc(OC)cc1. The highest BCUT2D eigenvalue weighted by molar-refractivity contribution is 6.06. The largest absolute Gasteiger partial charge is 0.497 e. The number of amides is 1. The summed E-state index contributed by atoms with van der Waals surface area (Å²) in [5.74, 6) is -3.38. The van der Waals surface area contributed by atoms with E-state index in [1.54, 1.807) is 38.1 Å². The molecule has 0 aliphatic rings. The van der Waals surface area contributed by atoms with Gasteiger partial charge in [0.05, 0.1) is 39.1 Å². The number of hydrogen-bond acceptors (Lipinski definition) is 8. The Morgan fingerprint density at radius 2 is 1.35 bits per heavy atom. The smallest absolute Gasteiger partial charge is 0.306 e. The standard InChI is InChI=1S/C22H29NO8/c1-4-30-21(27)13-11-19(25)17(14-22(28)31-5-2)18(24)10-12-20(26)23-15-6-8-16(29-3)9-7-15/h6-9,17H,4-5,10-14H2,1-3H3,(H,23,26)/t17-/m0/s1.